The fourth-order valence-corrected chi connectivity index (χ4v) is 1.59. The number of hydrogen-bond acceptors (Lipinski definition) is 4. The fourth-order valence-electron chi connectivity index (χ4n) is 1.37. The van der Waals surface area contributed by atoms with Gasteiger partial charge in [-0.15, -0.1) is 0 Å². The molecule has 0 aliphatic heterocycles. The number of alkyl halides is 2. The van der Waals surface area contributed by atoms with Crippen molar-refractivity contribution in [2.24, 2.45) is 0 Å². The smallest absolute Gasteiger partial charge is 0.310 e. The third-order valence-corrected chi connectivity index (χ3v) is 2.39. The topological polar surface area (TPSA) is 48.4 Å². The predicted octanol–water partition coefficient (Wildman–Crippen LogP) is 2.79. The third-order valence-electron chi connectivity index (χ3n) is 2.12. The van der Waals surface area contributed by atoms with Crippen LogP contribution in [0.1, 0.15) is 24.6 Å². The van der Waals surface area contributed by atoms with Crippen molar-refractivity contribution in [1.29, 1.82) is 0 Å². The number of nitrogens with zero attached hydrogens (tertiary/aromatic N) is 1. The predicted molar refractivity (Wildman–Crippen MR) is 61.1 cm³/mol. The molecule has 1 aromatic rings. The molecule has 0 aliphatic rings. The molecule has 1 heterocycles. The minimum Gasteiger partial charge on any atom is -0.494 e. The highest BCUT2D eigenvalue weighted by Gasteiger charge is 2.20. The SMILES string of the molecule is CCOC(=O)Cc1cc(OC)c(Cl)nc1C(F)F. The van der Waals surface area contributed by atoms with Gasteiger partial charge in [0.2, 0.25) is 0 Å². The summed E-state index contributed by atoms with van der Waals surface area (Å²) in [6.07, 6.45) is -3.12. The first-order chi connectivity index (χ1) is 8.49. The molecule has 0 saturated carbocycles. The van der Waals surface area contributed by atoms with Crippen LogP contribution in [0, 0.1) is 0 Å². The van der Waals surface area contributed by atoms with Crippen molar-refractivity contribution in [3.8, 4) is 5.75 Å². The molecular weight excluding hydrogens is 268 g/mol. The third kappa shape index (κ3) is 3.53. The van der Waals surface area contributed by atoms with E-state index in [4.69, 9.17) is 21.1 Å². The zero-order valence-electron chi connectivity index (χ0n) is 9.87. The summed E-state index contributed by atoms with van der Waals surface area (Å²) < 4.78 is 35.1. The largest absolute Gasteiger partial charge is 0.494 e. The van der Waals surface area contributed by atoms with Gasteiger partial charge in [-0.25, -0.2) is 13.8 Å². The molecule has 18 heavy (non-hydrogen) atoms. The minimum absolute atomic E-state index is 0.0460. The van der Waals surface area contributed by atoms with E-state index in [2.05, 4.69) is 4.98 Å². The molecule has 4 nitrogen and oxygen atoms in total. The highest BCUT2D eigenvalue weighted by atomic mass is 35.5. The molecule has 0 amide bonds. The highest BCUT2D eigenvalue weighted by Crippen LogP contribution is 2.30. The second-order valence-corrected chi connectivity index (χ2v) is 3.67. The molecule has 0 spiro atoms. The van der Waals surface area contributed by atoms with Gasteiger partial charge in [-0.2, -0.15) is 0 Å². The van der Waals surface area contributed by atoms with Crippen LogP contribution in [-0.4, -0.2) is 24.7 Å². The van der Waals surface area contributed by atoms with Crippen LogP contribution in [0.25, 0.3) is 0 Å². The van der Waals surface area contributed by atoms with Gasteiger partial charge < -0.3 is 9.47 Å². The zero-order valence-corrected chi connectivity index (χ0v) is 10.6. The lowest BCUT2D eigenvalue weighted by Gasteiger charge is -2.11. The summed E-state index contributed by atoms with van der Waals surface area (Å²) >= 11 is 5.66. The number of pyridine rings is 1. The number of halogens is 3. The van der Waals surface area contributed by atoms with Crippen molar-refractivity contribution in [1.82, 2.24) is 4.98 Å². The number of esters is 1. The van der Waals surface area contributed by atoms with E-state index < -0.39 is 18.1 Å². The summed E-state index contributed by atoms with van der Waals surface area (Å²) in [6, 6.07) is 1.27. The van der Waals surface area contributed by atoms with Gasteiger partial charge >= 0.3 is 5.97 Å². The van der Waals surface area contributed by atoms with Crippen molar-refractivity contribution >= 4 is 17.6 Å². The van der Waals surface area contributed by atoms with E-state index in [9.17, 15) is 13.6 Å². The summed E-state index contributed by atoms with van der Waals surface area (Å²) in [5, 5.41) is -0.166. The van der Waals surface area contributed by atoms with Crippen molar-refractivity contribution in [2.75, 3.05) is 13.7 Å². The Morgan fingerprint density at radius 2 is 2.22 bits per heavy atom. The average molecular weight is 280 g/mol. The summed E-state index contributed by atoms with van der Waals surface area (Å²) in [6.45, 7) is 1.81. The first kappa shape index (κ1) is 14.6. The number of methoxy groups -OCH3 is 1. The molecule has 0 unspecified atom stereocenters. The summed E-state index contributed by atoms with van der Waals surface area (Å²) in [5.74, 6) is -0.467. The number of carbonyl (C=O) groups excluding carboxylic acids is 1. The lowest BCUT2D eigenvalue weighted by molar-refractivity contribution is -0.142. The maximum Gasteiger partial charge on any atom is 0.310 e. The van der Waals surface area contributed by atoms with E-state index in [1.807, 2.05) is 0 Å². The Morgan fingerprint density at radius 1 is 1.56 bits per heavy atom. The van der Waals surface area contributed by atoms with Gasteiger partial charge in [-0.1, -0.05) is 11.6 Å². The highest BCUT2D eigenvalue weighted by molar-refractivity contribution is 6.30. The normalized spacial score (nSPS) is 10.6. The second-order valence-electron chi connectivity index (χ2n) is 3.31. The minimum atomic E-state index is -2.82. The molecule has 0 fully saturated rings. The first-order valence-electron chi connectivity index (χ1n) is 5.16. The Labute approximate surface area is 108 Å². The van der Waals surface area contributed by atoms with Gasteiger partial charge in [0.1, 0.15) is 5.69 Å². The van der Waals surface area contributed by atoms with Crippen molar-refractivity contribution in [3.63, 3.8) is 0 Å². The van der Waals surface area contributed by atoms with Crippen LogP contribution in [-0.2, 0) is 16.0 Å². The molecule has 1 aromatic heterocycles. The lowest BCUT2D eigenvalue weighted by Crippen LogP contribution is -2.11. The Hall–Kier alpha value is -1.43. The van der Waals surface area contributed by atoms with Gasteiger partial charge in [0, 0.05) is 0 Å². The van der Waals surface area contributed by atoms with E-state index in [1.165, 1.54) is 13.2 Å². The van der Waals surface area contributed by atoms with E-state index in [-0.39, 0.29) is 29.5 Å². The Bertz CT molecular complexity index is 441. The van der Waals surface area contributed by atoms with Gasteiger partial charge in [0.05, 0.1) is 20.1 Å². The number of hydrogen-bond donors (Lipinski definition) is 0. The molecule has 0 atom stereocenters. The Kier molecular flexibility index (Phi) is 5.27. The van der Waals surface area contributed by atoms with Crippen LogP contribution in [0.3, 0.4) is 0 Å². The average Bonchev–Trinajstić information content (AvgIpc) is 2.30. The molecule has 100 valence electrons. The molecule has 0 radical (unpaired) electrons. The number of ether oxygens (including phenoxy) is 2. The molecule has 0 aromatic carbocycles. The van der Waals surface area contributed by atoms with Crippen LogP contribution in [0.2, 0.25) is 5.15 Å². The molecule has 0 N–H and O–H groups in total. The first-order valence-corrected chi connectivity index (χ1v) is 5.54. The van der Waals surface area contributed by atoms with Crippen molar-refractivity contribution in [3.05, 3.63) is 22.5 Å². The lowest BCUT2D eigenvalue weighted by atomic mass is 10.1. The van der Waals surface area contributed by atoms with Crippen LogP contribution in [0.5, 0.6) is 5.75 Å². The zero-order chi connectivity index (χ0) is 13.7. The summed E-state index contributed by atoms with van der Waals surface area (Å²) in [4.78, 5) is 14.8. The quantitative estimate of drug-likeness (QED) is 0.614. The molecule has 1 rings (SSSR count). The monoisotopic (exact) mass is 279 g/mol. The number of carbonyl (C=O) groups is 1. The van der Waals surface area contributed by atoms with Crippen LogP contribution in [0.4, 0.5) is 8.78 Å². The van der Waals surface area contributed by atoms with Crippen molar-refractivity contribution in [2.45, 2.75) is 19.8 Å². The van der Waals surface area contributed by atoms with Gasteiger partial charge in [0.25, 0.3) is 6.43 Å². The second kappa shape index (κ2) is 6.49. The number of rotatable bonds is 5. The summed E-state index contributed by atoms with van der Waals surface area (Å²) in [7, 11) is 1.33. The van der Waals surface area contributed by atoms with Gasteiger partial charge in [0.15, 0.2) is 10.9 Å². The standard InChI is InChI=1S/C11H12ClF2NO3/c1-3-18-8(16)5-6-4-7(17-2)10(12)15-9(6)11(13)14/h4,11H,3,5H2,1-2H3. The molecule has 0 saturated heterocycles. The van der Waals surface area contributed by atoms with Crippen LogP contribution < -0.4 is 4.74 Å². The van der Waals surface area contributed by atoms with Gasteiger partial charge in [-0.05, 0) is 18.6 Å². The van der Waals surface area contributed by atoms with Crippen LogP contribution in [0.15, 0.2) is 6.07 Å². The molecular formula is C11H12ClF2NO3. The number of aromatic nitrogens is 1. The Balaban J connectivity index is 3.10. The maximum absolute atomic E-state index is 12.8. The van der Waals surface area contributed by atoms with Crippen LogP contribution >= 0.6 is 11.6 Å². The van der Waals surface area contributed by atoms with E-state index in [0.29, 0.717) is 0 Å². The van der Waals surface area contributed by atoms with E-state index in [1.54, 1.807) is 6.92 Å². The molecule has 0 bridgehead atoms. The van der Waals surface area contributed by atoms with Gasteiger partial charge in [-0.3, -0.25) is 4.79 Å². The molecule has 7 heteroatoms. The Morgan fingerprint density at radius 3 is 2.72 bits per heavy atom. The van der Waals surface area contributed by atoms with E-state index in [0.717, 1.165) is 0 Å². The van der Waals surface area contributed by atoms with E-state index >= 15 is 0 Å². The summed E-state index contributed by atoms with van der Waals surface area (Å²) in [5.41, 5.74) is -0.487. The fraction of sp³-hybridized carbons (Fsp3) is 0.455. The van der Waals surface area contributed by atoms with Crippen molar-refractivity contribution < 1.29 is 23.0 Å². The maximum atomic E-state index is 12.8. The molecule has 0 aliphatic carbocycles.